The lowest BCUT2D eigenvalue weighted by molar-refractivity contribution is 0.137. The fourth-order valence-electron chi connectivity index (χ4n) is 0. The van der Waals surface area contributed by atoms with Crippen LogP contribution in [0.1, 0.15) is 0 Å². The molecule has 0 unspecified atom stereocenters. The molecule has 56 valence electrons. The molecule has 0 heterocycles. The van der Waals surface area contributed by atoms with Gasteiger partial charge in [-0.25, -0.2) is 14.4 Å². The van der Waals surface area contributed by atoms with Gasteiger partial charge in [0.05, 0.1) is 0 Å². The molecule has 5 nitrogen and oxygen atoms in total. The van der Waals surface area contributed by atoms with Crippen LogP contribution in [0.3, 0.4) is 0 Å². The van der Waals surface area contributed by atoms with Crippen LogP contribution in [0.5, 0.6) is 0 Å². The zero-order chi connectivity index (χ0) is 8.99. The molecule has 0 saturated heterocycles. The van der Waals surface area contributed by atoms with Crippen molar-refractivity contribution in [2.75, 3.05) is 0 Å². The minimum absolute atomic E-state index is 1.25. The molecule has 0 radical (unpaired) electrons. The zero-order valence-corrected chi connectivity index (χ0v) is 5.03. The first-order valence-corrected chi connectivity index (χ1v) is 1.77. The Bertz CT molecular complexity index is 120. The smallest absolute Gasteiger partial charge is 0.450 e. The molecule has 0 spiro atoms. The van der Waals surface area contributed by atoms with Crippen molar-refractivity contribution < 1.29 is 24.6 Å². The summed E-state index contributed by atoms with van der Waals surface area (Å²) in [6.45, 7) is 5.36. The van der Waals surface area contributed by atoms with E-state index in [4.69, 9.17) is 24.6 Å². The number of carbonyl (C=O) groups excluding carboxylic acids is 2. The van der Waals surface area contributed by atoms with Gasteiger partial charge in [0.1, 0.15) is 11.9 Å². The molecule has 0 saturated carbocycles. The molecule has 0 aliphatic rings. The maximum atomic E-state index is 8.57. The fraction of sp³-hybridized carbons (Fsp3) is 0. The third-order valence-corrected chi connectivity index (χ3v) is 0. The third kappa shape index (κ3) is 49.2. The second-order valence-electron chi connectivity index (χ2n) is 0.571. The van der Waals surface area contributed by atoms with Gasteiger partial charge in [0.2, 0.25) is 0 Å². The zero-order valence-electron chi connectivity index (χ0n) is 5.03. The number of rotatable bonds is 0. The summed E-state index contributed by atoms with van der Waals surface area (Å²) in [6, 6.07) is 0. The van der Waals surface area contributed by atoms with Gasteiger partial charge < -0.3 is 10.2 Å². The first-order chi connectivity index (χ1) is 4.56. The Balaban J connectivity index is -0.0000000750. The molecule has 0 aromatic heterocycles. The van der Waals surface area contributed by atoms with E-state index in [2.05, 4.69) is 13.2 Å². The van der Waals surface area contributed by atoms with Crippen molar-refractivity contribution in [2.24, 2.45) is 0 Å². The minimum Gasteiger partial charge on any atom is -0.450 e. The third-order valence-electron chi connectivity index (χ3n) is 0. The van der Waals surface area contributed by atoms with Gasteiger partial charge in [-0.2, -0.15) is 0 Å². The molecule has 10 heavy (non-hydrogen) atoms. The van der Waals surface area contributed by atoms with E-state index in [9.17, 15) is 0 Å². The average Bonchev–Trinajstić information content (AvgIpc) is 1.65. The van der Waals surface area contributed by atoms with Gasteiger partial charge in [-0.05, 0) is 13.2 Å². The van der Waals surface area contributed by atoms with Crippen LogP contribution in [-0.2, 0) is 9.59 Å². The van der Waals surface area contributed by atoms with E-state index in [1.807, 2.05) is 0 Å². The second kappa shape index (κ2) is 27.2. The summed E-state index contributed by atoms with van der Waals surface area (Å²) in [5.74, 6) is 2.50. The molecule has 0 bridgehead atoms. The minimum atomic E-state index is -1.83. The van der Waals surface area contributed by atoms with E-state index in [-0.39, 0.29) is 0 Å². The topological polar surface area (TPSA) is 91.7 Å². The Hall–Kier alpha value is -1.83. The standard InChI is InChI=1S/2C2H2O.CH2O3/c2*1-2-3;2-1(3)4/h2*1H2;(H2,2,3,4). The van der Waals surface area contributed by atoms with E-state index in [0.29, 0.717) is 0 Å². The lowest BCUT2D eigenvalue weighted by Gasteiger charge is -1.60. The van der Waals surface area contributed by atoms with E-state index in [1.165, 1.54) is 11.9 Å². The molecule has 0 aromatic carbocycles. The largest absolute Gasteiger partial charge is 0.503 e. The summed E-state index contributed by atoms with van der Waals surface area (Å²) in [4.78, 5) is 25.7. The van der Waals surface area contributed by atoms with Crippen molar-refractivity contribution in [1.82, 2.24) is 0 Å². The van der Waals surface area contributed by atoms with Gasteiger partial charge in [0.15, 0.2) is 0 Å². The van der Waals surface area contributed by atoms with Crippen LogP contribution in [0.15, 0.2) is 13.2 Å². The first kappa shape index (κ1) is 15.7. The van der Waals surface area contributed by atoms with Crippen LogP contribution >= 0.6 is 0 Å². The van der Waals surface area contributed by atoms with Crippen molar-refractivity contribution in [1.29, 1.82) is 0 Å². The van der Waals surface area contributed by atoms with E-state index >= 15 is 0 Å². The highest BCUT2D eigenvalue weighted by Crippen LogP contribution is 1.42. The van der Waals surface area contributed by atoms with Gasteiger partial charge in [0, 0.05) is 0 Å². The molecule has 0 aliphatic heterocycles. The summed E-state index contributed by atoms with van der Waals surface area (Å²) >= 11 is 0. The Morgan fingerprint density at radius 2 is 1.10 bits per heavy atom. The lowest BCUT2D eigenvalue weighted by atomic mass is 11.2. The summed E-state index contributed by atoms with van der Waals surface area (Å²) in [7, 11) is 0. The number of hydrogen-bond acceptors (Lipinski definition) is 3. The number of carbonyl (C=O) groups is 1. The van der Waals surface area contributed by atoms with Crippen molar-refractivity contribution in [2.45, 2.75) is 0 Å². The SMILES string of the molecule is C=C=O.C=C=O.O=C(O)O. The first-order valence-electron chi connectivity index (χ1n) is 1.77. The Kier molecular flexibility index (Phi) is 42.7. The van der Waals surface area contributed by atoms with Crippen LogP contribution < -0.4 is 0 Å². The maximum Gasteiger partial charge on any atom is 0.503 e. The predicted octanol–water partition coefficient (Wildman–Crippen LogP) is 0.230. The van der Waals surface area contributed by atoms with Gasteiger partial charge in [-0.1, -0.05) is 0 Å². The quantitative estimate of drug-likeness (QED) is 0.477. The molecule has 2 N–H and O–H groups in total. The monoisotopic (exact) mass is 146 g/mol. The molecule has 0 amide bonds. The normalized spacial score (nSPS) is 4.00. The van der Waals surface area contributed by atoms with Crippen LogP contribution in [0.25, 0.3) is 0 Å². The molecule has 0 aliphatic carbocycles. The fourth-order valence-corrected chi connectivity index (χ4v) is 0. The van der Waals surface area contributed by atoms with Crippen molar-refractivity contribution in [3.8, 4) is 0 Å². The highest BCUT2D eigenvalue weighted by atomic mass is 16.6. The highest BCUT2D eigenvalue weighted by Gasteiger charge is 1.70. The summed E-state index contributed by atoms with van der Waals surface area (Å²) in [5, 5.41) is 13.9. The number of hydrogen-bond donors (Lipinski definition) is 2. The van der Waals surface area contributed by atoms with E-state index in [1.54, 1.807) is 0 Å². The Morgan fingerprint density at radius 3 is 1.10 bits per heavy atom. The summed E-state index contributed by atoms with van der Waals surface area (Å²) < 4.78 is 0. The van der Waals surface area contributed by atoms with Crippen LogP contribution in [0, 0.1) is 0 Å². The Labute approximate surface area is 56.9 Å². The predicted molar refractivity (Wildman–Crippen MR) is 33.3 cm³/mol. The second-order valence-corrected chi connectivity index (χ2v) is 0.571. The van der Waals surface area contributed by atoms with Crippen LogP contribution in [0.2, 0.25) is 0 Å². The van der Waals surface area contributed by atoms with Crippen molar-refractivity contribution >= 4 is 18.0 Å². The number of carboxylic acid groups (broad SMARTS) is 2. The molecule has 0 atom stereocenters. The van der Waals surface area contributed by atoms with Gasteiger partial charge in [-0.15, -0.1) is 0 Å². The molecule has 0 aromatic rings. The van der Waals surface area contributed by atoms with Crippen molar-refractivity contribution in [3.05, 3.63) is 13.2 Å². The molecule has 0 fully saturated rings. The van der Waals surface area contributed by atoms with Gasteiger partial charge in [0.25, 0.3) is 0 Å². The summed E-state index contributed by atoms with van der Waals surface area (Å²) in [5.41, 5.74) is 0. The van der Waals surface area contributed by atoms with Crippen LogP contribution in [0.4, 0.5) is 4.79 Å². The van der Waals surface area contributed by atoms with E-state index < -0.39 is 6.16 Å². The maximum absolute atomic E-state index is 8.57. The summed E-state index contributed by atoms with van der Waals surface area (Å²) in [6.07, 6.45) is -1.83. The van der Waals surface area contributed by atoms with Gasteiger partial charge in [-0.3, -0.25) is 0 Å². The average molecular weight is 146 g/mol. The van der Waals surface area contributed by atoms with Crippen LogP contribution in [-0.4, -0.2) is 28.3 Å². The molecular weight excluding hydrogens is 140 g/mol. The highest BCUT2D eigenvalue weighted by molar-refractivity contribution is 5.53. The van der Waals surface area contributed by atoms with E-state index in [0.717, 1.165) is 0 Å². The molecule has 5 heteroatoms. The van der Waals surface area contributed by atoms with Crippen molar-refractivity contribution in [3.63, 3.8) is 0 Å². The molecule has 0 rings (SSSR count). The molecular formula is C5H6O5. The van der Waals surface area contributed by atoms with Gasteiger partial charge >= 0.3 is 6.16 Å². The Morgan fingerprint density at radius 1 is 1.10 bits per heavy atom. The lowest BCUT2D eigenvalue weighted by Crippen LogP contribution is -1.81.